The molecular formula is C20H16N4O4. The van der Waals surface area contributed by atoms with Gasteiger partial charge in [-0.2, -0.15) is 0 Å². The number of nitrogens with zero attached hydrogens (tertiary/aromatic N) is 4. The van der Waals surface area contributed by atoms with Gasteiger partial charge in [-0.15, -0.1) is 0 Å². The molecule has 0 aromatic carbocycles. The van der Waals surface area contributed by atoms with Crippen LogP contribution in [-0.4, -0.2) is 40.4 Å². The van der Waals surface area contributed by atoms with E-state index < -0.39 is 0 Å². The van der Waals surface area contributed by atoms with Crippen LogP contribution in [0.5, 0.6) is 23.0 Å². The highest BCUT2D eigenvalue weighted by molar-refractivity contribution is 5.68. The van der Waals surface area contributed by atoms with Gasteiger partial charge in [-0.3, -0.25) is 19.9 Å². The molecule has 0 aliphatic rings. The van der Waals surface area contributed by atoms with Gasteiger partial charge in [0.2, 0.25) is 0 Å². The molecule has 0 bridgehead atoms. The van der Waals surface area contributed by atoms with Crippen LogP contribution >= 0.6 is 0 Å². The molecule has 0 unspecified atom stereocenters. The maximum atomic E-state index is 9.47. The van der Waals surface area contributed by atoms with E-state index in [9.17, 15) is 20.4 Å². The lowest BCUT2D eigenvalue weighted by molar-refractivity contribution is 0.465. The summed E-state index contributed by atoms with van der Waals surface area (Å²) in [5, 5.41) is 37.9. The van der Waals surface area contributed by atoms with Gasteiger partial charge >= 0.3 is 0 Å². The van der Waals surface area contributed by atoms with Gasteiger partial charge < -0.3 is 20.4 Å². The van der Waals surface area contributed by atoms with E-state index in [1.54, 1.807) is 24.3 Å². The molecular weight excluding hydrogens is 360 g/mol. The Labute approximate surface area is 160 Å². The van der Waals surface area contributed by atoms with Crippen LogP contribution in [0.25, 0.3) is 22.8 Å². The van der Waals surface area contributed by atoms with Gasteiger partial charge in [0.15, 0.2) is 0 Å². The van der Waals surface area contributed by atoms with Crippen molar-refractivity contribution in [2.75, 3.05) is 0 Å². The topological polar surface area (TPSA) is 132 Å². The van der Waals surface area contributed by atoms with Crippen LogP contribution in [0.2, 0.25) is 0 Å². The van der Waals surface area contributed by atoms with E-state index >= 15 is 0 Å². The van der Waals surface area contributed by atoms with Crippen LogP contribution in [0.3, 0.4) is 0 Å². The van der Waals surface area contributed by atoms with Gasteiger partial charge in [-0.25, -0.2) is 0 Å². The molecule has 0 radical (unpaired) electrons. The van der Waals surface area contributed by atoms with E-state index in [2.05, 4.69) is 19.9 Å². The van der Waals surface area contributed by atoms with Crippen molar-refractivity contribution < 1.29 is 20.4 Å². The fraction of sp³-hybridized carbons (Fsp3) is 0. The molecule has 0 spiro atoms. The van der Waals surface area contributed by atoms with Gasteiger partial charge in [0.1, 0.15) is 45.8 Å². The molecule has 8 heteroatoms. The van der Waals surface area contributed by atoms with Crippen molar-refractivity contribution in [2.45, 2.75) is 0 Å². The molecule has 0 amide bonds. The van der Waals surface area contributed by atoms with Crippen LogP contribution in [0.1, 0.15) is 0 Å². The van der Waals surface area contributed by atoms with Crippen molar-refractivity contribution in [2.24, 2.45) is 0 Å². The summed E-state index contributed by atoms with van der Waals surface area (Å²) in [4.78, 5) is 15.7. The van der Waals surface area contributed by atoms with Gasteiger partial charge in [-0.1, -0.05) is 0 Å². The third-order valence-corrected chi connectivity index (χ3v) is 3.59. The number of pyridine rings is 4. The normalized spacial score (nSPS) is 10.0. The van der Waals surface area contributed by atoms with E-state index in [4.69, 9.17) is 0 Å². The Bertz CT molecular complexity index is 915. The van der Waals surface area contributed by atoms with E-state index in [1.807, 2.05) is 0 Å². The lowest BCUT2D eigenvalue weighted by Crippen LogP contribution is -1.87. The maximum absolute atomic E-state index is 9.47. The lowest BCUT2D eigenvalue weighted by atomic mass is 10.2. The maximum Gasteiger partial charge on any atom is 0.143 e. The molecule has 28 heavy (non-hydrogen) atoms. The van der Waals surface area contributed by atoms with Crippen molar-refractivity contribution in [1.82, 2.24) is 19.9 Å². The van der Waals surface area contributed by atoms with Gasteiger partial charge in [0, 0.05) is 24.8 Å². The van der Waals surface area contributed by atoms with Crippen molar-refractivity contribution in [3.05, 3.63) is 73.3 Å². The summed E-state index contributed by atoms with van der Waals surface area (Å²) >= 11 is 0. The molecule has 0 saturated heterocycles. The van der Waals surface area contributed by atoms with E-state index in [-0.39, 0.29) is 45.8 Å². The zero-order valence-electron chi connectivity index (χ0n) is 14.5. The molecule has 4 heterocycles. The third kappa shape index (κ3) is 4.13. The fourth-order valence-electron chi connectivity index (χ4n) is 2.32. The monoisotopic (exact) mass is 376 g/mol. The molecule has 4 aromatic heterocycles. The van der Waals surface area contributed by atoms with Gasteiger partial charge in [-0.05, 0) is 48.5 Å². The minimum Gasteiger partial charge on any atom is -0.506 e. The van der Waals surface area contributed by atoms with Crippen molar-refractivity contribution in [3.63, 3.8) is 0 Å². The Balaban J connectivity index is 0.000000161. The highest BCUT2D eigenvalue weighted by Crippen LogP contribution is 2.31. The quantitative estimate of drug-likeness (QED) is 0.419. The highest BCUT2D eigenvalue weighted by Gasteiger charge is 2.11. The number of hydrogen-bond acceptors (Lipinski definition) is 8. The second-order valence-corrected chi connectivity index (χ2v) is 5.48. The largest absolute Gasteiger partial charge is 0.506 e. The summed E-state index contributed by atoms with van der Waals surface area (Å²) in [6.45, 7) is 0. The SMILES string of the molecule is Oc1cccnc1-c1ncccc1O.Oc1cccnc1-c1ncccc1O. The molecule has 0 aliphatic heterocycles. The zero-order chi connectivity index (χ0) is 19.9. The molecule has 4 rings (SSSR count). The van der Waals surface area contributed by atoms with Crippen molar-refractivity contribution >= 4 is 0 Å². The Morgan fingerprint density at radius 2 is 0.607 bits per heavy atom. The lowest BCUT2D eigenvalue weighted by Gasteiger charge is -2.03. The molecule has 8 nitrogen and oxygen atoms in total. The van der Waals surface area contributed by atoms with E-state index in [0.717, 1.165) is 0 Å². The average molecular weight is 376 g/mol. The predicted molar refractivity (Wildman–Crippen MR) is 102 cm³/mol. The van der Waals surface area contributed by atoms with Crippen molar-refractivity contribution in [1.29, 1.82) is 0 Å². The van der Waals surface area contributed by atoms with Crippen LogP contribution < -0.4 is 0 Å². The van der Waals surface area contributed by atoms with Crippen LogP contribution in [-0.2, 0) is 0 Å². The molecule has 4 N–H and O–H groups in total. The highest BCUT2D eigenvalue weighted by atomic mass is 16.3. The molecule has 0 saturated carbocycles. The number of rotatable bonds is 2. The zero-order valence-corrected chi connectivity index (χ0v) is 14.5. The van der Waals surface area contributed by atoms with E-state index in [1.165, 1.54) is 49.1 Å². The van der Waals surface area contributed by atoms with E-state index in [0.29, 0.717) is 0 Å². The smallest absolute Gasteiger partial charge is 0.143 e. The number of aromatic nitrogens is 4. The van der Waals surface area contributed by atoms with Gasteiger partial charge in [0.25, 0.3) is 0 Å². The van der Waals surface area contributed by atoms with Gasteiger partial charge in [0.05, 0.1) is 0 Å². The third-order valence-electron chi connectivity index (χ3n) is 3.59. The Kier molecular flexibility index (Phi) is 5.61. The molecule has 0 aliphatic carbocycles. The Morgan fingerprint density at radius 1 is 0.393 bits per heavy atom. The van der Waals surface area contributed by atoms with Crippen molar-refractivity contribution in [3.8, 4) is 45.8 Å². The molecule has 4 aromatic rings. The molecule has 0 atom stereocenters. The molecule has 140 valence electrons. The second-order valence-electron chi connectivity index (χ2n) is 5.48. The standard InChI is InChI=1S/2C10H8N2O2/c2*13-7-3-1-5-11-9(7)10-8(14)4-2-6-12-10/h2*1-6,13-14H. The van der Waals surface area contributed by atoms with Crippen LogP contribution in [0.4, 0.5) is 0 Å². The summed E-state index contributed by atoms with van der Waals surface area (Å²) in [6.07, 6.45) is 6.12. The van der Waals surface area contributed by atoms with Crippen LogP contribution in [0, 0.1) is 0 Å². The Morgan fingerprint density at radius 3 is 0.786 bits per heavy atom. The summed E-state index contributed by atoms with van der Waals surface area (Å²) in [6, 6.07) is 12.4. The van der Waals surface area contributed by atoms with Crippen LogP contribution in [0.15, 0.2) is 73.3 Å². The minimum atomic E-state index is 0.00139. The number of hydrogen-bond donors (Lipinski definition) is 4. The first-order valence-corrected chi connectivity index (χ1v) is 8.14. The minimum absolute atomic E-state index is 0.00139. The Hall–Kier alpha value is -4.20. The fourth-order valence-corrected chi connectivity index (χ4v) is 2.32. The first-order valence-electron chi connectivity index (χ1n) is 8.14. The first-order chi connectivity index (χ1) is 13.6. The predicted octanol–water partition coefficient (Wildman–Crippen LogP) is 3.11. The summed E-state index contributed by atoms with van der Waals surface area (Å²) in [5.74, 6) is 0.00556. The summed E-state index contributed by atoms with van der Waals surface area (Å²) < 4.78 is 0. The summed E-state index contributed by atoms with van der Waals surface area (Å²) in [7, 11) is 0. The second kappa shape index (κ2) is 8.45. The average Bonchev–Trinajstić information content (AvgIpc) is 2.71. The summed E-state index contributed by atoms with van der Waals surface area (Å²) in [5.41, 5.74) is 1.13. The first kappa shape index (κ1) is 18.6. The molecule has 0 fully saturated rings. The number of aromatic hydroxyl groups is 4.